The van der Waals surface area contributed by atoms with Gasteiger partial charge >= 0.3 is 0 Å². The molecule has 0 unspecified atom stereocenters. The van der Waals surface area contributed by atoms with Crippen molar-refractivity contribution in [3.63, 3.8) is 0 Å². The smallest absolute Gasteiger partial charge is 0.264 e. The Kier molecular flexibility index (Phi) is 10.3. The average Bonchev–Trinajstić information content (AvgIpc) is 2.96. The fourth-order valence-electron chi connectivity index (χ4n) is 5.26. The van der Waals surface area contributed by atoms with Gasteiger partial charge in [0.2, 0.25) is 11.8 Å². The van der Waals surface area contributed by atoms with Crippen LogP contribution < -0.4 is 9.62 Å². The zero-order valence-electron chi connectivity index (χ0n) is 24.8. The van der Waals surface area contributed by atoms with Gasteiger partial charge in [0.15, 0.2) is 0 Å². The van der Waals surface area contributed by atoms with E-state index in [2.05, 4.69) is 5.32 Å². The number of nitrogens with zero attached hydrogens (tertiary/aromatic N) is 2. The lowest BCUT2D eigenvalue weighted by Crippen LogP contribution is -2.53. The minimum absolute atomic E-state index is 0.0610. The van der Waals surface area contributed by atoms with E-state index in [-0.39, 0.29) is 29.1 Å². The Morgan fingerprint density at radius 3 is 2.26 bits per heavy atom. The minimum atomic E-state index is -4.15. The van der Waals surface area contributed by atoms with Gasteiger partial charge in [-0.25, -0.2) is 8.42 Å². The Morgan fingerprint density at radius 2 is 1.62 bits per heavy atom. The van der Waals surface area contributed by atoms with Gasteiger partial charge in [-0.2, -0.15) is 0 Å². The first-order valence-corrected chi connectivity index (χ1v) is 16.3. The number of amides is 2. The van der Waals surface area contributed by atoms with Crippen molar-refractivity contribution in [2.75, 3.05) is 10.8 Å². The van der Waals surface area contributed by atoms with Crippen molar-refractivity contribution in [3.8, 4) is 0 Å². The molecule has 3 aromatic carbocycles. The molecule has 1 aliphatic carbocycles. The molecule has 0 aliphatic heterocycles. The van der Waals surface area contributed by atoms with Crippen molar-refractivity contribution >= 4 is 39.1 Å². The van der Waals surface area contributed by atoms with Gasteiger partial charge in [-0.05, 0) is 75.9 Å². The summed E-state index contributed by atoms with van der Waals surface area (Å²) in [5, 5.41) is 3.52. The van der Waals surface area contributed by atoms with Crippen LogP contribution in [-0.4, -0.2) is 43.8 Å². The molecule has 224 valence electrons. The molecule has 3 aromatic rings. The molecule has 0 saturated heterocycles. The number of hydrogen-bond donors (Lipinski definition) is 1. The summed E-state index contributed by atoms with van der Waals surface area (Å²) in [4.78, 5) is 29.1. The van der Waals surface area contributed by atoms with E-state index in [1.807, 2.05) is 45.0 Å². The van der Waals surface area contributed by atoms with Crippen molar-refractivity contribution in [1.82, 2.24) is 10.2 Å². The maximum absolute atomic E-state index is 14.1. The number of halogens is 1. The monoisotopic (exact) mass is 609 g/mol. The van der Waals surface area contributed by atoms with Crippen LogP contribution in [0.25, 0.3) is 0 Å². The number of aryl methyl sites for hydroxylation is 3. The highest BCUT2D eigenvalue weighted by molar-refractivity contribution is 7.92. The van der Waals surface area contributed by atoms with Crippen molar-refractivity contribution in [2.24, 2.45) is 0 Å². The SMILES string of the molecule is Cc1ccc(S(=O)(=O)N(CC(=O)N(Cc2cccc(C)c2)[C@H](C)C(=O)NC2CCCCC2)c2ccc(C)c(Cl)c2)cc1. The van der Waals surface area contributed by atoms with Crippen molar-refractivity contribution in [2.45, 2.75) is 83.3 Å². The topological polar surface area (TPSA) is 86.8 Å². The Labute approximate surface area is 254 Å². The van der Waals surface area contributed by atoms with Gasteiger partial charge in [-0.15, -0.1) is 0 Å². The lowest BCUT2D eigenvalue weighted by atomic mass is 9.95. The predicted octanol–water partition coefficient (Wildman–Crippen LogP) is 6.33. The molecule has 0 heterocycles. The molecule has 9 heteroatoms. The first-order chi connectivity index (χ1) is 20.0. The normalized spacial score (nSPS) is 14.7. The molecular weight excluding hydrogens is 570 g/mol. The quantitative estimate of drug-likeness (QED) is 0.291. The van der Waals surface area contributed by atoms with E-state index in [0.717, 1.165) is 58.7 Å². The van der Waals surface area contributed by atoms with E-state index in [0.29, 0.717) is 5.02 Å². The number of nitrogens with one attached hydrogen (secondary N) is 1. The van der Waals surface area contributed by atoms with Crippen molar-refractivity contribution in [1.29, 1.82) is 0 Å². The molecule has 1 N–H and O–H groups in total. The van der Waals surface area contributed by atoms with Gasteiger partial charge in [0.05, 0.1) is 10.6 Å². The zero-order chi connectivity index (χ0) is 30.4. The van der Waals surface area contributed by atoms with E-state index in [9.17, 15) is 18.0 Å². The van der Waals surface area contributed by atoms with Gasteiger partial charge in [-0.3, -0.25) is 13.9 Å². The maximum Gasteiger partial charge on any atom is 0.264 e. The second-order valence-electron chi connectivity index (χ2n) is 11.3. The number of rotatable bonds is 10. The minimum Gasteiger partial charge on any atom is -0.352 e. The third kappa shape index (κ3) is 7.72. The van der Waals surface area contributed by atoms with Crippen LogP contribution in [0.15, 0.2) is 71.6 Å². The summed E-state index contributed by atoms with van der Waals surface area (Å²) in [6.45, 7) is 7.03. The van der Waals surface area contributed by atoms with Gasteiger partial charge in [-0.1, -0.05) is 84.5 Å². The van der Waals surface area contributed by atoms with E-state index in [1.54, 1.807) is 37.3 Å². The molecule has 2 amide bonds. The summed E-state index contributed by atoms with van der Waals surface area (Å²) in [6.07, 6.45) is 5.13. The van der Waals surface area contributed by atoms with E-state index >= 15 is 0 Å². The molecule has 0 aromatic heterocycles. The van der Waals surface area contributed by atoms with Crippen LogP contribution in [0.2, 0.25) is 5.02 Å². The number of anilines is 1. The third-order valence-electron chi connectivity index (χ3n) is 7.89. The Balaban J connectivity index is 1.69. The molecular formula is C33H40ClN3O4S. The maximum atomic E-state index is 14.1. The summed E-state index contributed by atoms with van der Waals surface area (Å²) < 4.78 is 29.1. The van der Waals surface area contributed by atoms with E-state index in [4.69, 9.17) is 11.6 Å². The highest BCUT2D eigenvalue weighted by Crippen LogP contribution is 2.29. The van der Waals surface area contributed by atoms with Gasteiger partial charge in [0.1, 0.15) is 12.6 Å². The second kappa shape index (κ2) is 13.7. The predicted molar refractivity (Wildman–Crippen MR) is 168 cm³/mol. The molecule has 7 nitrogen and oxygen atoms in total. The molecule has 0 spiro atoms. The summed E-state index contributed by atoms with van der Waals surface area (Å²) in [6, 6.07) is 18.4. The Morgan fingerprint density at radius 1 is 0.929 bits per heavy atom. The highest BCUT2D eigenvalue weighted by Gasteiger charge is 2.33. The summed E-state index contributed by atoms with van der Waals surface area (Å²) in [7, 11) is -4.15. The fourth-order valence-corrected chi connectivity index (χ4v) is 6.84. The van der Waals surface area contributed by atoms with E-state index in [1.165, 1.54) is 17.0 Å². The van der Waals surface area contributed by atoms with E-state index < -0.39 is 28.5 Å². The summed E-state index contributed by atoms with van der Waals surface area (Å²) in [5.74, 6) is -0.732. The molecule has 1 atom stereocenters. The van der Waals surface area contributed by atoms with Crippen LogP contribution in [0.5, 0.6) is 0 Å². The van der Waals surface area contributed by atoms with Gasteiger partial charge in [0.25, 0.3) is 10.0 Å². The van der Waals surface area contributed by atoms with Gasteiger partial charge < -0.3 is 10.2 Å². The van der Waals surface area contributed by atoms with Crippen LogP contribution in [-0.2, 0) is 26.2 Å². The summed E-state index contributed by atoms with van der Waals surface area (Å²) in [5.41, 5.74) is 3.85. The lowest BCUT2D eigenvalue weighted by Gasteiger charge is -2.33. The molecule has 1 fully saturated rings. The zero-order valence-corrected chi connectivity index (χ0v) is 26.3. The number of hydrogen-bond acceptors (Lipinski definition) is 4. The standard InChI is InChI=1S/C33H40ClN3O4S/c1-23-13-17-30(18-14-23)42(40,41)37(29-16-15-25(3)31(34)20-29)22-32(38)36(21-27-10-8-9-24(2)19-27)26(4)33(39)35-28-11-6-5-7-12-28/h8-10,13-20,26,28H,5-7,11-12,21-22H2,1-4H3,(H,35,39)/t26-/m1/s1. The molecule has 4 rings (SSSR count). The molecule has 0 bridgehead atoms. The molecule has 1 aliphatic rings. The molecule has 0 radical (unpaired) electrons. The number of carbonyl (C=O) groups excluding carboxylic acids is 2. The lowest BCUT2D eigenvalue weighted by molar-refractivity contribution is -0.139. The number of carbonyl (C=O) groups is 2. The average molecular weight is 610 g/mol. The summed E-state index contributed by atoms with van der Waals surface area (Å²) >= 11 is 6.41. The number of sulfonamides is 1. The number of benzene rings is 3. The Bertz CT molecular complexity index is 1520. The molecule has 42 heavy (non-hydrogen) atoms. The second-order valence-corrected chi connectivity index (χ2v) is 13.6. The van der Waals surface area contributed by atoms with Crippen molar-refractivity contribution < 1.29 is 18.0 Å². The first-order valence-electron chi connectivity index (χ1n) is 14.5. The van der Waals surface area contributed by atoms with Crippen LogP contribution in [0.4, 0.5) is 5.69 Å². The Hall–Kier alpha value is -3.36. The van der Waals surface area contributed by atoms with Crippen LogP contribution in [0.3, 0.4) is 0 Å². The highest BCUT2D eigenvalue weighted by atomic mass is 35.5. The third-order valence-corrected chi connectivity index (χ3v) is 10.1. The fraction of sp³-hybridized carbons (Fsp3) is 0.394. The largest absolute Gasteiger partial charge is 0.352 e. The van der Waals surface area contributed by atoms with Gasteiger partial charge in [0, 0.05) is 17.6 Å². The van der Waals surface area contributed by atoms with Crippen LogP contribution in [0, 0.1) is 20.8 Å². The van der Waals surface area contributed by atoms with Crippen LogP contribution in [0.1, 0.15) is 61.3 Å². The molecule has 1 saturated carbocycles. The van der Waals surface area contributed by atoms with Crippen LogP contribution >= 0.6 is 11.6 Å². The van der Waals surface area contributed by atoms with Crippen molar-refractivity contribution in [3.05, 3.63) is 94.0 Å². The first kappa shape index (κ1) is 31.6.